The third-order valence-electron chi connectivity index (χ3n) is 1.84. The average molecular weight is 242 g/mol. The molecule has 0 radical (unpaired) electrons. The lowest BCUT2D eigenvalue weighted by Crippen LogP contribution is -2.45. The normalized spacial score (nSPS) is 12.5. The minimum atomic E-state index is -1.03. The molecule has 6 nitrogen and oxygen atoms in total. The molecule has 6 heteroatoms. The molecule has 0 fully saturated rings. The third kappa shape index (κ3) is 6.34. The lowest BCUT2D eigenvalue weighted by Gasteiger charge is -2.18. The van der Waals surface area contributed by atoms with Gasteiger partial charge in [-0.15, -0.1) is 0 Å². The minimum absolute atomic E-state index is 0.256. The van der Waals surface area contributed by atoms with Crippen LogP contribution in [0.1, 0.15) is 27.2 Å². The van der Waals surface area contributed by atoms with Crippen LogP contribution in [-0.2, 0) is 14.3 Å². The summed E-state index contributed by atoms with van der Waals surface area (Å²) in [6.45, 7) is 5.26. The summed E-state index contributed by atoms with van der Waals surface area (Å²) < 4.78 is 4.93. The van der Waals surface area contributed by atoms with Gasteiger partial charge in [-0.25, -0.2) is 9.59 Å². The Hall–Kier alpha value is -1.85. The second kappa shape index (κ2) is 7.43. The van der Waals surface area contributed by atoms with Crippen molar-refractivity contribution in [2.75, 3.05) is 0 Å². The van der Waals surface area contributed by atoms with Gasteiger partial charge in [0, 0.05) is 6.08 Å². The van der Waals surface area contributed by atoms with Crippen molar-refractivity contribution < 1.29 is 19.1 Å². The van der Waals surface area contributed by atoms with Gasteiger partial charge in [0.05, 0.1) is 0 Å². The van der Waals surface area contributed by atoms with Crippen LogP contribution in [0, 0.1) is 5.92 Å². The Bertz CT molecular complexity index is 323. The molecule has 3 N–H and O–H groups in total. The largest absolute Gasteiger partial charge is 0.449 e. The summed E-state index contributed by atoms with van der Waals surface area (Å²) in [5.41, 5.74) is 4.82. The Kier molecular flexibility index (Phi) is 6.62. The summed E-state index contributed by atoms with van der Waals surface area (Å²) in [6, 6.07) is -0.971. The van der Waals surface area contributed by atoms with Crippen LogP contribution in [0.5, 0.6) is 0 Å². The lowest BCUT2D eigenvalue weighted by molar-refractivity contribution is -0.153. The summed E-state index contributed by atoms with van der Waals surface area (Å²) in [5.74, 6) is -1.59. The molecule has 0 unspecified atom stereocenters. The standard InChI is InChI=1S/C11H18N2O4/c1-4-5-6-8(14)17-9(7(2)3)10(15)13-11(12)16/h5-7,9H,4H2,1-3H3,(H3,12,13,15,16)/b6-5+/t9-/m1/s1. The van der Waals surface area contributed by atoms with Gasteiger partial charge in [0.15, 0.2) is 6.10 Å². The Labute approximate surface area is 100 Å². The van der Waals surface area contributed by atoms with Crippen LogP contribution in [0.2, 0.25) is 0 Å². The number of imide groups is 1. The zero-order valence-electron chi connectivity index (χ0n) is 10.2. The van der Waals surface area contributed by atoms with Gasteiger partial charge in [-0.1, -0.05) is 26.8 Å². The van der Waals surface area contributed by atoms with Gasteiger partial charge < -0.3 is 10.5 Å². The number of hydrogen-bond acceptors (Lipinski definition) is 4. The highest BCUT2D eigenvalue weighted by molar-refractivity contribution is 5.97. The summed E-state index contributed by atoms with van der Waals surface area (Å²) >= 11 is 0. The maximum absolute atomic E-state index is 11.5. The topological polar surface area (TPSA) is 98.5 Å². The van der Waals surface area contributed by atoms with Crippen LogP contribution in [0.15, 0.2) is 12.2 Å². The van der Waals surface area contributed by atoms with Crippen LogP contribution in [-0.4, -0.2) is 24.0 Å². The van der Waals surface area contributed by atoms with Gasteiger partial charge in [0.2, 0.25) is 0 Å². The molecule has 0 rings (SSSR count). The number of amides is 3. The lowest BCUT2D eigenvalue weighted by atomic mass is 10.1. The number of urea groups is 1. The average Bonchev–Trinajstić information content (AvgIpc) is 2.21. The monoisotopic (exact) mass is 242 g/mol. The number of nitrogens with one attached hydrogen (secondary N) is 1. The molecular weight excluding hydrogens is 224 g/mol. The van der Waals surface area contributed by atoms with Crippen molar-refractivity contribution in [3.8, 4) is 0 Å². The molecule has 0 aliphatic heterocycles. The van der Waals surface area contributed by atoms with E-state index >= 15 is 0 Å². The molecule has 3 amide bonds. The predicted molar refractivity (Wildman–Crippen MR) is 61.9 cm³/mol. The molecule has 0 aliphatic rings. The van der Waals surface area contributed by atoms with E-state index in [0.717, 1.165) is 0 Å². The van der Waals surface area contributed by atoms with Crippen molar-refractivity contribution in [1.29, 1.82) is 0 Å². The van der Waals surface area contributed by atoms with E-state index in [0.29, 0.717) is 6.42 Å². The second-order valence-corrected chi connectivity index (χ2v) is 3.77. The Morgan fingerprint density at radius 1 is 1.35 bits per heavy atom. The maximum Gasteiger partial charge on any atom is 0.331 e. The van der Waals surface area contributed by atoms with Crippen LogP contribution in [0.3, 0.4) is 0 Å². The first-order valence-corrected chi connectivity index (χ1v) is 5.35. The molecule has 0 aromatic rings. The maximum atomic E-state index is 11.5. The summed E-state index contributed by atoms with van der Waals surface area (Å²) in [7, 11) is 0. The van der Waals surface area contributed by atoms with E-state index in [2.05, 4.69) is 0 Å². The van der Waals surface area contributed by atoms with Gasteiger partial charge >= 0.3 is 12.0 Å². The van der Waals surface area contributed by atoms with Gasteiger partial charge in [-0.3, -0.25) is 10.1 Å². The molecular formula is C11H18N2O4. The number of hydrogen-bond donors (Lipinski definition) is 2. The number of carbonyl (C=O) groups excluding carboxylic acids is 3. The Balaban J connectivity index is 4.54. The van der Waals surface area contributed by atoms with E-state index in [1.165, 1.54) is 6.08 Å². The predicted octanol–water partition coefficient (Wildman–Crippen LogP) is 0.715. The number of ether oxygens (including phenoxy) is 1. The second-order valence-electron chi connectivity index (χ2n) is 3.77. The first-order valence-electron chi connectivity index (χ1n) is 5.35. The van der Waals surface area contributed by atoms with E-state index in [9.17, 15) is 14.4 Å². The Morgan fingerprint density at radius 2 is 1.94 bits per heavy atom. The number of esters is 1. The van der Waals surface area contributed by atoms with Gasteiger partial charge in [0.25, 0.3) is 5.91 Å². The zero-order chi connectivity index (χ0) is 13.4. The number of allylic oxidation sites excluding steroid dienone is 1. The molecule has 0 saturated heterocycles. The number of nitrogens with two attached hydrogens (primary N) is 1. The van der Waals surface area contributed by atoms with E-state index < -0.39 is 24.0 Å². The van der Waals surface area contributed by atoms with E-state index in [4.69, 9.17) is 10.5 Å². The first kappa shape index (κ1) is 15.2. The summed E-state index contributed by atoms with van der Waals surface area (Å²) in [5, 5.41) is 1.88. The van der Waals surface area contributed by atoms with Crippen molar-refractivity contribution in [1.82, 2.24) is 5.32 Å². The quantitative estimate of drug-likeness (QED) is 0.548. The van der Waals surface area contributed by atoms with Crippen LogP contribution in [0.25, 0.3) is 0 Å². The van der Waals surface area contributed by atoms with Crippen molar-refractivity contribution in [3.05, 3.63) is 12.2 Å². The Morgan fingerprint density at radius 3 is 2.35 bits per heavy atom. The highest BCUT2D eigenvalue weighted by atomic mass is 16.5. The van der Waals surface area contributed by atoms with Crippen molar-refractivity contribution in [2.24, 2.45) is 11.7 Å². The van der Waals surface area contributed by atoms with Crippen LogP contribution < -0.4 is 11.1 Å². The zero-order valence-corrected chi connectivity index (χ0v) is 10.2. The molecule has 0 spiro atoms. The fraction of sp³-hybridized carbons (Fsp3) is 0.545. The molecule has 17 heavy (non-hydrogen) atoms. The fourth-order valence-electron chi connectivity index (χ4n) is 1.06. The van der Waals surface area contributed by atoms with Gasteiger partial charge in [-0.05, 0) is 12.3 Å². The fourth-order valence-corrected chi connectivity index (χ4v) is 1.06. The first-order chi connectivity index (χ1) is 7.88. The number of primary amides is 1. The van der Waals surface area contributed by atoms with Crippen LogP contribution >= 0.6 is 0 Å². The molecule has 1 atom stereocenters. The highest BCUT2D eigenvalue weighted by Crippen LogP contribution is 2.07. The molecule has 0 aliphatic carbocycles. The SMILES string of the molecule is CC/C=C/C(=O)O[C@@H](C(=O)NC(N)=O)C(C)C. The molecule has 0 bridgehead atoms. The van der Waals surface area contributed by atoms with E-state index in [-0.39, 0.29) is 5.92 Å². The molecule has 96 valence electrons. The molecule has 0 saturated carbocycles. The molecule has 0 aromatic carbocycles. The van der Waals surface area contributed by atoms with Gasteiger partial charge in [0.1, 0.15) is 0 Å². The number of rotatable bonds is 5. The van der Waals surface area contributed by atoms with Crippen molar-refractivity contribution in [3.63, 3.8) is 0 Å². The summed E-state index contributed by atoms with van der Waals surface area (Å²) in [4.78, 5) is 33.3. The van der Waals surface area contributed by atoms with E-state index in [1.807, 2.05) is 12.2 Å². The number of carbonyl (C=O) groups is 3. The highest BCUT2D eigenvalue weighted by Gasteiger charge is 2.26. The van der Waals surface area contributed by atoms with Gasteiger partial charge in [-0.2, -0.15) is 0 Å². The van der Waals surface area contributed by atoms with E-state index in [1.54, 1.807) is 19.9 Å². The minimum Gasteiger partial charge on any atom is -0.449 e. The van der Waals surface area contributed by atoms with Crippen molar-refractivity contribution in [2.45, 2.75) is 33.3 Å². The summed E-state index contributed by atoms with van der Waals surface area (Å²) in [6.07, 6.45) is 2.52. The third-order valence-corrected chi connectivity index (χ3v) is 1.84. The molecule has 0 heterocycles. The molecule has 0 aromatic heterocycles. The smallest absolute Gasteiger partial charge is 0.331 e. The van der Waals surface area contributed by atoms with Crippen molar-refractivity contribution >= 4 is 17.9 Å². The van der Waals surface area contributed by atoms with Crippen LogP contribution in [0.4, 0.5) is 4.79 Å².